The zero-order valence-electron chi connectivity index (χ0n) is 36.2. The molecule has 9 nitrogen and oxygen atoms in total. The number of aliphatic imine (C=N–C) groups is 1. The highest BCUT2D eigenvalue weighted by atomic mass is 16.1. The zero-order chi connectivity index (χ0) is 42.4. The Kier molecular flexibility index (Phi) is 26.5. The molecule has 2 aliphatic rings. The minimum Gasteiger partial charge on any atom is -0.357 e. The van der Waals surface area contributed by atoms with Crippen LogP contribution in [0, 0.1) is 10.8 Å². The van der Waals surface area contributed by atoms with E-state index in [9.17, 15) is 4.79 Å². The standard InChI is InChI=1S/C42H56N8O.2C2H6.C2H4/c1-5-10-32(2)40(36(30-44)17-22-43)16-15-33(3)47-38-18-25-49(26-19-38)24-7-6-14-41(45-4)50-27-20-39(21-28-50)48-42(51)35-12-8-11-34(29-35)37-13-9-23-46-31-37;3*1-2/h5-6,8-17,22-23,29-31,33,38-39,43-44,47H,7,18-21,24-28H2,1-4H3,(H,48,51);2*1-2H3;1-2H2/b10-5-,14-6-,16-15+,36-17+,40-32+,43-22?,44-30?,45-41?;;;. The smallest absolute Gasteiger partial charge is 0.251 e. The highest BCUT2D eigenvalue weighted by Gasteiger charge is 2.23. The van der Waals surface area contributed by atoms with Crippen LogP contribution in [0.15, 0.2) is 126 Å². The number of amides is 1. The number of nitrogens with zero attached hydrogens (tertiary/aromatic N) is 4. The van der Waals surface area contributed by atoms with Crippen molar-refractivity contribution in [3.05, 3.63) is 127 Å². The van der Waals surface area contributed by atoms with E-state index >= 15 is 0 Å². The molecular weight excluding hydrogens is 705 g/mol. The van der Waals surface area contributed by atoms with Gasteiger partial charge in [0.25, 0.3) is 5.91 Å². The molecule has 57 heavy (non-hydrogen) atoms. The number of nitrogens with one attached hydrogen (secondary N) is 4. The molecule has 1 aromatic heterocycles. The van der Waals surface area contributed by atoms with Gasteiger partial charge in [-0.3, -0.25) is 14.8 Å². The van der Waals surface area contributed by atoms with Crippen molar-refractivity contribution in [2.24, 2.45) is 4.99 Å². The molecule has 1 unspecified atom stereocenters. The van der Waals surface area contributed by atoms with Crippen molar-refractivity contribution in [2.75, 3.05) is 39.8 Å². The molecule has 1 atom stereocenters. The number of piperidine rings is 2. The van der Waals surface area contributed by atoms with E-state index in [0.717, 1.165) is 98.5 Å². The van der Waals surface area contributed by atoms with Crippen LogP contribution in [0.3, 0.4) is 0 Å². The van der Waals surface area contributed by atoms with Crippen LogP contribution in [0.4, 0.5) is 0 Å². The van der Waals surface area contributed by atoms with Gasteiger partial charge in [-0.25, -0.2) is 0 Å². The predicted molar refractivity (Wildman–Crippen MR) is 247 cm³/mol. The maximum Gasteiger partial charge on any atom is 0.251 e. The van der Waals surface area contributed by atoms with Crippen LogP contribution in [0.5, 0.6) is 0 Å². The lowest BCUT2D eigenvalue weighted by Gasteiger charge is -2.34. The largest absolute Gasteiger partial charge is 0.357 e. The Morgan fingerprint density at radius 1 is 0.965 bits per heavy atom. The van der Waals surface area contributed by atoms with Crippen molar-refractivity contribution < 1.29 is 4.79 Å². The van der Waals surface area contributed by atoms with Gasteiger partial charge >= 0.3 is 0 Å². The summed E-state index contributed by atoms with van der Waals surface area (Å²) in [7, 11) is 1.86. The van der Waals surface area contributed by atoms with E-state index < -0.39 is 0 Å². The number of rotatable bonds is 15. The van der Waals surface area contributed by atoms with E-state index in [2.05, 4.69) is 74.8 Å². The monoisotopic (exact) mass is 777 g/mol. The summed E-state index contributed by atoms with van der Waals surface area (Å²) in [5.74, 6) is 0.979. The summed E-state index contributed by atoms with van der Waals surface area (Å²) < 4.78 is 0. The highest BCUT2D eigenvalue weighted by molar-refractivity contribution is 5.96. The molecule has 0 radical (unpaired) electrons. The molecule has 1 amide bonds. The van der Waals surface area contributed by atoms with Gasteiger partial charge in [0, 0.05) is 86.3 Å². The third kappa shape index (κ3) is 17.8. The van der Waals surface area contributed by atoms with Crippen molar-refractivity contribution in [2.45, 2.75) is 98.7 Å². The van der Waals surface area contributed by atoms with Crippen molar-refractivity contribution >= 4 is 24.2 Å². The van der Waals surface area contributed by atoms with E-state index in [4.69, 9.17) is 10.8 Å². The number of aromatic nitrogens is 1. The molecule has 4 rings (SSSR count). The van der Waals surface area contributed by atoms with Crippen molar-refractivity contribution in [3.8, 4) is 11.1 Å². The van der Waals surface area contributed by atoms with Gasteiger partial charge in [-0.2, -0.15) is 0 Å². The summed E-state index contributed by atoms with van der Waals surface area (Å²) in [6, 6.07) is 12.5. The van der Waals surface area contributed by atoms with Crippen molar-refractivity contribution in [3.63, 3.8) is 0 Å². The Balaban J connectivity index is 0.00000258. The van der Waals surface area contributed by atoms with E-state index in [0.29, 0.717) is 11.6 Å². The van der Waals surface area contributed by atoms with Gasteiger partial charge in [0.2, 0.25) is 0 Å². The first-order valence-corrected chi connectivity index (χ1v) is 20.8. The molecule has 2 saturated heterocycles. The SMILES string of the molecule is C=C.CC.CC.C\C=C/C(C)=C(\C=C\C(C)NC1CCN(CC/C=C\C(=NC)N2CCC(NC(=O)c3cccc(-c4cccnc4)c3)CC2)CC1)C(/C=N)=C/C=N. The molecule has 9 heteroatoms. The van der Waals surface area contributed by atoms with Gasteiger partial charge in [0.05, 0.1) is 0 Å². The Morgan fingerprint density at radius 3 is 2.23 bits per heavy atom. The van der Waals surface area contributed by atoms with Crippen LogP contribution in [-0.4, -0.2) is 96.9 Å². The van der Waals surface area contributed by atoms with Crippen LogP contribution < -0.4 is 10.6 Å². The number of benzene rings is 1. The second-order valence-electron chi connectivity index (χ2n) is 13.3. The third-order valence-electron chi connectivity index (χ3n) is 9.59. The molecule has 0 saturated carbocycles. The van der Waals surface area contributed by atoms with Crippen LogP contribution in [0.2, 0.25) is 0 Å². The number of allylic oxidation sites excluding steroid dienone is 7. The molecule has 0 bridgehead atoms. The van der Waals surface area contributed by atoms with Gasteiger partial charge in [-0.15, -0.1) is 13.2 Å². The number of carbonyl (C=O) groups is 1. The molecule has 0 aliphatic carbocycles. The van der Waals surface area contributed by atoms with Crippen molar-refractivity contribution in [1.29, 1.82) is 10.8 Å². The van der Waals surface area contributed by atoms with E-state index in [1.807, 2.05) is 103 Å². The molecule has 2 fully saturated rings. The summed E-state index contributed by atoms with van der Waals surface area (Å²) in [5.41, 5.74) is 5.43. The van der Waals surface area contributed by atoms with Gasteiger partial charge < -0.3 is 31.3 Å². The number of pyridine rings is 1. The number of hydrogen-bond donors (Lipinski definition) is 4. The first-order valence-electron chi connectivity index (χ1n) is 20.8. The van der Waals surface area contributed by atoms with Gasteiger partial charge in [0.15, 0.2) is 0 Å². The lowest BCUT2D eigenvalue weighted by atomic mass is 9.99. The quantitative estimate of drug-likeness (QED) is 0.0622. The van der Waals surface area contributed by atoms with E-state index in [1.165, 1.54) is 12.4 Å². The minimum absolute atomic E-state index is 0.0292. The summed E-state index contributed by atoms with van der Waals surface area (Å²) >= 11 is 0. The van der Waals surface area contributed by atoms with Gasteiger partial charge in [-0.05, 0) is 113 Å². The number of likely N-dealkylation sites (tertiary alicyclic amines) is 2. The van der Waals surface area contributed by atoms with Crippen LogP contribution in [0.25, 0.3) is 11.1 Å². The molecule has 310 valence electrons. The van der Waals surface area contributed by atoms with Crippen LogP contribution in [0.1, 0.15) is 90.9 Å². The predicted octanol–water partition coefficient (Wildman–Crippen LogP) is 9.89. The van der Waals surface area contributed by atoms with Gasteiger partial charge in [-0.1, -0.05) is 76.3 Å². The first-order chi connectivity index (χ1) is 27.8. The fraction of sp³-hybridized carbons (Fsp3) is 0.438. The average molecular weight is 777 g/mol. The van der Waals surface area contributed by atoms with Crippen LogP contribution in [-0.2, 0) is 0 Å². The van der Waals surface area contributed by atoms with Gasteiger partial charge in [0.1, 0.15) is 5.84 Å². The molecule has 1 aromatic carbocycles. The van der Waals surface area contributed by atoms with Crippen LogP contribution >= 0.6 is 0 Å². The summed E-state index contributed by atoms with van der Waals surface area (Å²) in [6.07, 6.45) is 25.5. The van der Waals surface area contributed by atoms with E-state index in [1.54, 1.807) is 12.3 Å². The third-order valence-corrected chi connectivity index (χ3v) is 9.59. The second kappa shape index (κ2) is 30.2. The highest BCUT2D eigenvalue weighted by Crippen LogP contribution is 2.21. The number of hydrogen-bond acceptors (Lipinski definition) is 7. The molecule has 2 aromatic rings. The Labute approximate surface area is 345 Å². The Bertz CT molecular complexity index is 1640. The molecule has 0 spiro atoms. The average Bonchev–Trinajstić information content (AvgIpc) is 3.27. The van der Waals surface area contributed by atoms with E-state index in [-0.39, 0.29) is 18.0 Å². The second-order valence-corrected chi connectivity index (χ2v) is 13.3. The van der Waals surface area contributed by atoms with Crippen molar-refractivity contribution in [1.82, 2.24) is 25.4 Å². The maximum atomic E-state index is 13.1. The zero-order valence-corrected chi connectivity index (χ0v) is 36.2. The minimum atomic E-state index is -0.0292. The fourth-order valence-corrected chi connectivity index (χ4v) is 6.75. The molecule has 3 heterocycles. The first kappa shape index (κ1) is 50.0. The topological polar surface area (TPSA) is 121 Å². The number of amidine groups is 1. The maximum absolute atomic E-state index is 13.1. The Morgan fingerprint density at radius 2 is 1.63 bits per heavy atom. The summed E-state index contributed by atoms with van der Waals surface area (Å²) in [4.78, 5) is 26.7. The Hall–Kier alpha value is -4.99. The molecule has 4 N–H and O–H groups in total. The molecular formula is C48H72N8O. The summed E-state index contributed by atoms with van der Waals surface area (Å²) in [6.45, 7) is 25.1. The normalized spacial score (nSPS) is 16.7. The summed E-state index contributed by atoms with van der Waals surface area (Å²) in [5, 5.41) is 22.3. The lowest BCUT2D eigenvalue weighted by Crippen LogP contribution is -2.46. The lowest BCUT2D eigenvalue weighted by molar-refractivity contribution is 0.0922. The fourth-order valence-electron chi connectivity index (χ4n) is 6.75. The molecule has 2 aliphatic heterocycles. The number of carbonyl (C=O) groups excluding carboxylic acids is 1.